The number of hydrogen-bond donors (Lipinski definition) is 2. The van der Waals surface area contributed by atoms with Crippen molar-refractivity contribution in [1.29, 1.82) is 0 Å². The second-order valence-electron chi connectivity index (χ2n) is 10.4. The molecule has 4 nitrogen and oxygen atoms in total. The van der Waals surface area contributed by atoms with E-state index in [1.807, 2.05) is 0 Å². The van der Waals surface area contributed by atoms with Gasteiger partial charge in [0.1, 0.15) is 0 Å². The molecule has 42 heavy (non-hydrogen) atoms. The molecule has 0 spiro atoms. The lowest BCUT2D eigenvalue weighted by molar-refractivity contribution is 0.865. The van der Waals surface area contributed by atoms with Crippen LogP contribution in [0, 0.1) is 0 Å². The van der Waals surface area contributed by atoms with Crippen LogP contribution in [-0.4, -0.2) is 26.2 Å². The Balaban J connectivity index is 1.93. The Kier molecular flexibility index (Phi) is 11.2. The Bertz CT molecular complexity index is 1370. The van der Waals surface area contributed by atoms with E-state index in [0.29, 0.717) is 13.1 Å². The van der Waals surface area contributed by atoms with Crippen molar-refractivity contribution in [3.63, 3.8) is 0 Å². The Morgan fingerprint density at radius 3 is 1.19 bits per heavy atom. The lowest BCUT2D eigenvalue weighted by Gasteiger charge is -2.23. The lowest BCUT2D eigenvalue weighted by Crippen LogP contribution is -2.22. The van der Waals surface area contributed by atoms with Crippen LogP contribution in [0.25, 0.3) is 11.1 Å². The number of rotatable bonds is 13. The molecule has 4 heteroatoms. The summed E-state index contributed by atoms with van der Waals surface area (Å²) in [6.45, 7) is 13.8. The third kappa shape index (κ3) is 7.39. The number of hydrogen-bond acceptors (Lipinski definition) is 4. The van der Waals surface area contributed by atoms with Crippen LogP contribution in [0.5, 0.6) is 0 Å². The molecule has 0 bridgehead atoms. The molecule has 4 rings (SSSR count). The van der Waals surface area contributed by atoms with Crippen LogP contribution in [0.1, 0.15) is 61.1 Å². The summed E-state index contributed by atoms with van der Waals surface area (Å²) in [5.41, 5.74) is 23.6. The van der Waals surface area contributed by atoms with Crippen molar-refractivity contribution in [2.45, 2.75) is 40.8 Å². The van der Waals surface area contributed by atoms with Gasteiger partial charge < -0.3 is 21.3 Å². The van der Waals surface area contributed by atoms with Gasteiger partial charge in [0.2, 0.25) is 0 Å². The molecule has 0 saturated carbocycles. The zero-order valence-electron chi connectivity index (χ0n) is 25.7. The van der Waals surface area contributed by atoms with Gasteiger partial charge in [-0.15, -0.1) is 0 Å². The molecule has 0 fully saturated rings. The van der Waals surface area contributed by atoms with Crippen molar-refractivity contribution in [2.75, 3.05) is 36.0 Å². The number of nitrogens with zero attached hydrogens (tertiary/aromatic N) is 2. The van der Waals surface area contributed by atoms with Gasteiger partial charge in [0.25, 0.3) is 0 Å². The minimum atomic E-state index is 0.528. The van der Waals surface area contributed by atoms with Gasteiger partial charge in [0.05, 0.1) is 0 Å². The molecular formula is C38H46N4. The Labute approximate surface area is 253 Å². The van der Waals surface area contributed by atoms with Gasteiger partial charge >= 0.3 is 0 Å². The van der Waals surface area contributed by atoms with Gasteiger partial charge in [-0.2, -0.15) is 0 Å². The highest BCUT2D eigenvalue weighted by atomic mass is 15.1. The van der Waals surface area contributed by atoms with Crippen LogP contribution in [0.3, 0.4) is 0 Å². The summed E-state index contributed by atoms with van der Waals surface area (Å²) >= 11 is 0. The maximum Gasteiger partial charge on any atom is 0.0372 e. The molecule has 0 aromatic heterocycles. The van der Waals surface area contributed by atoms with E-state index < -0.39 is 0 Å². The van der Waals surface area contributed by atoms with Crippen LogP contribution in [0.15, 0.2) is 109 Å². The zero-order valence-corrected chi connectivity index (χ0v) is 25.7. The van der Waals surface area contributed by atoms with Gasteiger partial charge in [0, 0.05) is 50.6 Å². The van der Waals surface area contributed by atoms with Gasteiger partial charge in [-0.05, 0) is 96.5 Å². The van der Waals surface area contributed by atoms with E-state index in [9.17, 15) is 0 Å². The second-order valence-corrected chi connectivity index (χ2v) is 10.4. The first-order valence-corrected chi connectivity index (χ1v) is 15.3. The molecule has 0 aliphatic carbocycles. The summed E-state index contributed by atoms with van der Waals surface area (Å²) in [5.74, 6) is 0. The molecular weight excluding hydrogens is 512 g/mol. The quantitative estimate of drug-likeness (QED) is 0.164. The van der Waals surface area contributed by atoms with E-state index in [4.69, 9.17) is 11.5 Å². The highest BCUT2D eigenvalue weighted by molar-refractivity contribution is 5.87. The SMILES string of the molecule is CCN(CC)c1cccc(C(=CC=C(c2ccc(CN)cc2)c2ccc(CN)cc2)c2cccc(N(CC)CC)c2)c1. The van der Waals surface area contributed by atoms with Crippen molar-refractivity contribution >= 4 is 22.5 Å². The van der Waals surface area contributed by atoms with Crippen LogP contribution < -0.4 is 21.3 Å². The van der Waals surface area contributed by atoms with E-state index in [1.165, 1.54) is 28.1 Å². The third-order valence-electron chi connectivity index (χ3n) is 7.99. The van der Waals surface area contributed by atoms with Gasteiger partial charge in [-0.3, -0.25) is 0 Å². The van der Waals surface area contributed by atoms with E-state index in [0.717, 1.165) is 54.0 Å². The number of allylic oxidation sites excluding steroid dienone is 2. The van der Waals surface area contributed by atoms with E-state index in [-0.39, 0.29) is 0 Å². The second kappa shape index (κ2) is 15.2. The van der Waals surface area contributed by atoms with E-state index in [2.05, 4.69) is 147 Å². The molecule has 0 heterocycles. The summed E-state index contributed by atoms with van der Waals surface area (Å²) in [7, 11) is 0. The summed E-state index contributed by atoms with van der Waals surface area (Å²) < 4.78 is 0. The third-order valence-corrected chi connectivity index (χ3v) is 7.99. The summed E-state index contributed by atoms with van der Waals surface area (Å²) in [6.07, 6.45) is 4.55. The predicted molar refractivity (Wildman–Crippen MR) is 183 cm³/mol. The van der Waals surface area contributed by atoms with Crippen molar-refractivity contribution < 1.29 is 0 Å². The van der Waals surface area contributed by atoms with Gasteiger partial charge in [-0.1, -0.05) is 84.9 Å². The predicted octanol–water partition coefficient (Wildman–Crippen LogP) is 7.86. The molecule has 0 unspecified atom stereocenters. The number of nitrogens with two attached hydrogens (primary N) is 2. The molecule has 0 aliphatic heterocycles. The van der Waals surface area contributed by atoms with Crippen molar-refractivity contribution in [3.05, 3.63) is 143 Å². The molecule has 218 valence electrons. The Morgan fingerprint density at radius 1 is 0.500 bits per heavy atom. The summed E-state index contributed by atoms with van der Waals surface area (Å²) in [6, 6.07) is 35.0. The van der Waals surface area contributed by atoms with Crippen LogP contribution in [0.2, 0.25) is 0 Å². The fraction of sp³-hybridized carbons (Fsp3) is 0.263. The highest BCUT2D eigenvalue weighted by Crippen LogP contribution is 2.32. The topological polar surface area (TPSA) is 58.5 Å². The van der Waals surface area contributed by atoms with E-state index in [1.54, 1.807) is 0 Å². The standard InChI is InChI=1S/C38H46N4/c1-5-41(6-2)35-13-9-11-33(25-35)38(34-12-10-14-36(26-34)42(7-3)8-4)24-23-37(31-19-15-29(27-39)16-20-31)32-21-17-30(28-40)18-22-32/h9-26H,5-8,27-28,39-40H2,1-4H3. The molecule has 0 saturated heterocycles. The lowest BCUT2D eigenvalue weighted by atomic mass is 9.92. The minimum Gasteiger partial charge on any atom is -0.372 e. The largest absolute Gasteiger partial charge is 0.372 e. The normalized spacial score (nSPS) is 10.7. The first-order valence-electron chi connectivity index (χ1n) is 15.3. The maximum atomic E-state index is 5.91. The zero-order chi connectivity index (χ0) is 29.9. The molecule has 0 aliphatic rings. The number of anilines is 2. The van der Waals surface area contributed by atoms with E-state index >= 15 is 0 Å². The molecule has 0 amide bonds. The smallest absolute Gasteiger partial charge is 0.0372 e. The van der Waals surface area contributed by atoms with Crippen LogP contribution in [-0.2, 0) is 13.1 Å². The first-order chi connectivity index (χ1) is 20.5. The van der Waals surface area contributed by atoms with Crippen molar-refractivity contribution in [1.82, 2.24) is 0 Å². The molecule has 4 N–H and O–H groups in total. The molecule has 4 aromatic carbocycles. The van der Waals surface area contributed by atoms with Gasteiger partial charge in [-0.25, -0.2) is 0 Å². The highest BCUT2D eigenvalue weighted by Gasteiger charge is 2.12. The van der Waals surface area contributed by atoms with Crippen molar-refractivity contribution in [2.24, 2.45) is 11.5 Å². The van der Waals surface area contributed by atoms with Crippen molar-refractivity contribution in [3.8, 4) is 0 Å². The van der Waals surface area contributed by atoms with Crippen LogP contribution in [0.4, 0.5) is 11.4 Å². The Hall–Kier alpha value is -4.12. The number of benzene rings is 4. The average molecular weight is 559 g/mol. The van der Waals surface area contributed by atoms with Gasteiger partial charge in [0.15, 0.2) is 0 Å². The molecule has 0 radical (unpaired) electrons. The fourth-order valence-corrected chi connectivity index (χ4v) is 5.44. The Morgan fingerprint density at radius 2 is 0.857 bits per heavy atom. The molecule has 0 atom stereocenters. The fourth-order valence-electron chi connectivity index (χ4n) is 5.44. The average Bonchev–Trinajstić information content (AvgIpc) is 3.05. The summed E-state index contributed by atoms with van der Waals surface area (Å²) in [4.78, 5) is 4.79. The minimum absolute atomic E-state index is 0.528. The first kappa shape index (κ1) is 30.8. The maximum absolute atomic E-state index is 5.91. The monoisotopic (exact) mass is 558 g/mol. The summed E-state index contributed by atoms with van der Waals surface area (Å²) in [5, 5.41) is 0. The molecule has 4 aromatic rings. The van der Waals surface area contributed by atoms with Crippen LogP contribution >= 0.6 is 0 Å².